The zero-order valence-corrected chi connectivity index (χ0v) is 36.8. The Morgan fingerprint density at radius 3 is 1.58 bits per heavy atom. The van der Waals surface area contributed by atoms with E-state index in [1.165, 1.54) is 27.7 Å². The summed E-state index contributed by atoms with van der Waals surface area (Å²) in [6.45, 7) is 6.67. The monoisotopic (exact) mass is 914 g/mol. The van der Waals surface area contributed by atoms with Gasteiger partial charge in [0.1, 0.15) is 28.2 Å². The van der Waals surface area contributed by atoms with Gasteiger partial charge in [-0.1, -0.05) is 45.8 Å². The molecule has 2 amide bonds. The Morgan fingerprint density at radius 1 is 0.750 bits per heavy atom. The molecular formula is C42H41Cl2FN12O7. The third-order valence-corrected chi connectivity index (χ3v) is 11.5. The number of nitrogens with zero attached hydrogens (tertiary/aromatic N) is 10. The van der Waals surface area contributed by atoms with Gasteiger partial charge in [-0.15, -0.1) is 10.2 Å². The molecule has 0 spiro atoms. The minimum absolute atomic E-state index is 0.0348. The zero-order chi connectivity index (χ0) is 46.1. The van der Waals surface area contributed by atoms with Crippen LogP contribution >= 0.6 is 23.2 Å². The molecule has 19 nitrogen and oxygen atoms in total. The van der Waals surface area contributed by atoms with Gasteiger partial charge in [-0.2, -0.15) is 0 Å². The Labute approximate surface area is 374 Å². The van der Waals surface area contributed by atoms with Gasteiger partial charge < -0.3 is 14.6 Å². The number of aromatic nitrogens is 10. The molecule has 3 fully saturated rings. The van der Waals surface area contributed by atoms with E-state index in [-0.39, 0.29) is 44.4 Å². The Balaban J connectivity index is 0.000000195. The van der Waals surface area contributed by atoms with Crippen LogP contribution in [0.5, 0.6) is 0 Å². The summed E-state index contributed by atoms with van der Waals surface area (Å²) < 4.78 is 27.4. The van der Waals surface area contributed by atoms with Crippen molar-refractivity contribution >= 4 is 58.8 Å². The molecule has 6 aromatic heterocycles. The summed E-state index contributed by atoms with van der Waals surface area (Å²) in [6, 6.07) is 13.1. The van der Waals surface area contributed by atoms with Gasteiger partial charge in [-0.3, -0.25) is 25.4 Å². The number of nitrogens with one attached hydrogen (secondary N) is 2. The number of aryl methyl sites for hydroxylation is 4. The molecule has 0 radical (unpaired) electrons. The van der Waals surface area contributed by atoms with Crippen LogP contribution in [0.3, 0.4) is 0 Å². The van der Waals surface area contributed by atoms with E-state index in [9.17, 15) is 23.6 Å². The normalized spacial score (nSPS) is 18.0. The smallest absolute Gasteiger partial charge is 0.413 e. The lowest BCUT2D eigenvalue weighted by Crippen LogP contribution is -2.64. The summed E-state index contributed by atoms with van der Waals surface area (Å²) in [5.74, 6) is -0.583. The highest BCUT2D eigenvalue weighted by Gasteiger charge is 2.69. The number of ether oxygens (including phenoxy) is 2. The molecule has 0 saturated heterocycles. The second kappa shape index (κ2) is 18.0. The van der Waals surface area contributed by atoms with Gasteiger partial charge in [0.25, 0.3) is 0 Å². The lowest BCUT2D eigenvalue weighted by molar-refractivity contribution is -0.210. The lowest BCUT2D eigenvalue weighted by Gasteiger charge is -2.65. The molecule has 22 heteroatoms. The van der Waals surface area contributed by atoms with E-state index in [0.717, 1.165) is 0 Å². The van der Waals surface area contributed by atoms with Crippen LogP contribution < -0.4 is 10.6 Å². The van der Waals surface area contributed by atoms with E-state index in [1.807, 2.05) is 0 Å². The van der Waals surface area contributed by atoms with Crippen LogP contribution in [0.25, 0.3) is 22.8 Å². The van der Waals surface area contributed by atoms with Gasteiger partial charge >= 0.3 is 18.2 Å². The third kappa shape index (κ3) is 9.52. The number of anilines is 2. The number of ketones is 1. The number of carboxylic acids is 1. The molecule has 0 unspecified atom stereocenters. The minimum Gasteiger partial charge on any atom is -0.478 e. The number of carbonyl (C=O) groups excluding carboxylic acids is 3. The van der Waals surface area contributed by atoms with E-state index in [1.54, 1.807) is 84.4 Å². The Kier molecular flexibility index (Phi) is 12.7. The van der Waals surface area contributed by atoms with Crippen molar-refractivity contribution in [3.63, 3.8) is 0 Å². The van der Waals surface area contributed by atoms with Crippen LogP contribution in [0, 0.1) is 19.3 Å². The molecule has 9 rings (SSSR count). The molecular weight excluding hydrogens is 874 g/mol. The molecule has 0 aromatic carbocycles. The first-order valence-corrected chi connectivity index (χ1v) is 20.5. The number of pyridine rings is 4. The van der Waals surface area contributed by atoms with Crippen LogP contribution in [0.2, 0.25) is 10.3 Å². The second-order valence-electron chi connectivity index (χ2n) is 15.7. The van der Waals surface area contributed by atoms with Crippen molar-refractivity contribution < 1.29 is 38.1 Å². The average Bonchev–Trinajstić information content (AvgIpc) is 3.77. The van der Waals surface area contributed by atoms with E-state index in [4.69, 9.17) is 37.8 Å². The van der Waals surface area contributed by atoms with Crippen molar-refractivity contribution in [2.75, 3.05) is 10.6 Å². The molecule has 3 aliphatic carbocycles. The maximum atomic E-state index is 13.8. The molecule has 3 saturated carbocycles. The van der Waals surface area contributed by atoms with E-state index in [0.29, 0.717) is 70.8 Å². The summed E-state index contributed by atoms with van der Waals surface area (Å²) in [7, 11) is 3.21. The number of hydrogen-bond acceptors (Lipinski definition) is 14. The van der Waals surface area contributed by atoms with Gasteiger partial charge in [0.05, 0.1) is 22.6 Å². The van der Waals surface area contributed by atoms with Crippen LogP contribution in [0.4, 0.5) is 25.6 Å². The van der Waals surface area contributed by atoms with Crippen molar-refractivity contribution in [1.82, 2.24) is 49.9 Å². The molecule has 6 aromatic rings. The number of carboxylic acid groups (broad SMARTS) is 1. The fraction of sp³-hybridized carbons (Fsp3) is 0.333. The van der Waals surface area contributed by atoms with Crippen LogP contribution in [-0.2, 0) is 23.6 Å². The van der Waals surface area contributed by atoms with Crippen LogP contribution in [0.15, 0.2) is 60.9 Å². The fourth-order valence-electron chi connectivity index (χ4n) is 7.83. The number of aromatic carboxylic acids is 1. The molecule has 2 atom stereocenters. The van der Waals surface area contributed by atoms with Crippen LogP contribution in [-0.4, -0.2) is 84.6 Å². The van der Waals surface area contributed by atoms with E-state index in [2.05, 4.69) is 51.2 Å². The van der Waals surface area contributed by atoms with E-state index < -0.39 is 36.0 Å². The highest BCUT2D eigenvalue weighted by atomic mass is 35.5. The SMILES string of the molecule is Cc1nc(-c2nnn(C)c2NC(=O)O[C@H](C)c2cccnc2Cl)ccc1C(=O)CC12CC(F)(C1)C2.Cc1nc(-c2nnn(C)c2NC(=O)O[C@H](C)c2cccnc2Cl)ccc1C(=O)O. The zero-order valence-electron chi connectivity index (χ0n) is 35.3. The third-order valence-electron chi connectivity index (χ3n) is 10.9. The average molecular weight is 916 g/mol. The molecule has 3 aliphatic rings. The number of rotatable bonds is 12. The maximum Gasteiger partial charge on any atom is 0.413 e. The van der Waals surface area contributed by atoms with Crippen LogP contribution in [0.1, 0.15) is 95.0 Å². The molecule has 64 heavy (non-hydrogen) atoms. The van der Waals surface area contributed by atoms with Crippen molar-refractivity contribution in [3.05, 3.63) is 105 Å². The number of amides is 2. The van der Waals surface area contributed by atoms with Crippen molar-refractivity contribution in [3.8, 4) is 22.8 Å². The quantitative estimate of drug-likeness (QED) is 0.0773. The molecule has 2 bridgehead atoms. The summed E-state index contributed by atoms with van der Waals surface area (Å²) in [5, 5.41) is 30.9. The topological polar surface area (TPSA) is 244 Å². The van der Waals surface area contributed by atoms with Gasteiger partial charge in [-0.25, -0.2) is 38.1 Å². The highest BCUT2D eigenvalue weighted by Crippen LogP contribution is 2.71. The van der Waals surface area contributed by atoms with Crippen molar-refractivity contribution in [2.24, 2.45) is 19.5 Å². The summed E-state index contributed by atoms with van der Waals surface area (Å²) in [4.78, 5) is 65.7. The molecule has 332 valence electrons. The predicted octanol–water partition coefficient (Wildman–Crippen LogP) is 8.25. The maximum absolute atomic E-state index is 13.8. The Bertz CT molecular complexity index is 2780. The van der Waals surface area contributed by atoms with Crippen molar-refractivity contribution in [2.45, 2.75) is 71.3 Å². The number of carbonyl (C=O) groups is 4. The first-order valence-electron chi connectivity index (χ1n) is 19.7. The molecule has 0 aliphatic heterocycles. The lowest BCUT2D eigenvalue weighted by atomic mass is 9.41. The first-order chi connectivity index (χ1) is 30.4. The van der Waals surface area contributed by atoms with Gasteiger partial charge in [0, 0.05) is 55.3 Å². The number of alkyl halides is 1. The Morgan fingerprint density at radius 2 is 1.19 bits per heavy atom. The van der Waals surface area contributed by atoms with Gasteiger partial charge in [0.2, 0.25) is 0 Å². The Hall–Kier alpha value is -6.93. The first kappa shape index (κ1) is 45.1. The number of hydrogen-bond donors (Lipinski definition) is 3. The fourth-order valence-corrected chi connectivity index (χ4v) is 8.38. The summed E-state index contributed by atoms with van der Waals surface area (Å²) in [6.07, 6.45) is 2.11. The summed E-state index contributed by atoms with van der Waals surface area (Å²) in [5.41, 5.74) is 2.78. The van der Waals surface area contributed by atoms with E-state index >= 15 is 0 Å². The predicted molar refractivity (Wildman–Crippen MR) is 230 cm³/mol. The van der Waals surface area contributed by atoms with Crippen molar-refractivity contribution in [1.29, 1.82) is 0 Å². The standard InChI is InChI=1S/C24H24ClFN6O3.C18H17ClN6O4/c1-13-15(18(33)9-23-10-24(26,11-23)12-23)6-7-17(28-13)19-21(32(3)31-30-19)29-22(34)35-14(2)16-5-4-8-27-20(16)25;1-9-11(17(26)27)6-7-13(21-9)14-16(25(3)24-23-14)22-18(28)29-10(2)12-5-4-8-20-15(12)19/h4-8,14H,9-12H2,1-3H3,(H,29,34);4-8,10H,1-3H3,(H,22,28)(H,26,27)/t14-,23?,24?;10-/m11/s1. The highest BCUT2D eigenvalue weighted by molar-refractivity contribution is 6.30. The molecule has 3 N–H and O–H groups in total. The summed E-state index contributed by atoms with van der Waals surface area (Å²) >= 11 is 12.1. The van der Waals surface area contributed by atoms with Gasteiger partial charge in [0.15, 0.2) is 28.8 Å². The number of Topliss-reactive ketones (excluding diaryl/α,β-unsaturated/α-hetero) is 1. The minimum atomic E-state index is -1.08. The molecule has 6 heterocycles. The largest absolute Gasteiger partial charge is 0.478 e. The van der Waals surface area contributed by atoms with Gasteiger partial charge in [-0.05, 0) is 88.8 Å². The number of halogens is 3. The second-order valence-corrected chi connectivity index (χ2v) is 16.4.